The third-order valence-corrected chi connectivity index (χ3v) is 2.77. The number of hydrogen-bond donors (Lipinski definition) is 2. The second-order valence-electron chi connectivity index (χ2n) is 3.16. The zero-order valence-electron chi connectivity index (χ0n) is 8.84. The minimum absolute atomic E-state index is 0.457. The van der Waals surface area contributed by atoms with Crippen LogP contribution >= 0.6 is 11.8 Å². The second-order valence-corrected chi connectivity index (χ2v) is 4.04. The van der Waals surface area contributed by atoms with Crippen LogP contribution in [0.25, 0.3) is 0 Å². The van der Waals surface area contributed by atoms with Crippen LogP contribution in [-0.2, 0) is 0 Å². The summed E-state index contributed by atoms with van der Waals surface area (Å²) in [6, 6.07) is 9.71. The molecule has 0 radical (unpaired) electrons. The summed E-state index contributed by atoms with van der Waals surface area (Å²) in [4.78, 5) is 9.35. The molecule has 0 fully saturated rings. The number of nitrogen functional groups attached to an aromatic ring is 1. The van der Waals surface area contributed by atoms with Gasteiger partial charge in [-0.05, 0) is 36.6 Å². The molecule has 5 heteroatoms. The number of benzene rings is 1. The fourth-order valence-electron chi connectivity index (χ4n) is 1.24. The van der Waals surface area contributed by atoms with Gasteiger partial charge in [0.25, 0.3) is 0 Å². The van der Waals surface area contributed by atoms with Gasteiger partial charge >= 0.3 is 0 Å². The largest absolute Gasteiger partial charge is 0.384 e. The lowest BCUT2D eigenvalue weighted by Crippen LogP contribution is -1.99. The minimum Gasteiger partial charge on any atom is -0.384 e. The first-order valence-electron chi connectivity index (χ1n) is 4.77. The second kappa shape index (κ2) is 4.85. The zero-order chi connectivity index (χ0) is 11.4. The molecule has 2 aromatic rings. The number of nitrogens with one attached hydrogen (secondary N) is 1. The summed E-state index contributed by atoms with van der Waals surface area (Å²) in [5.74, 6) is 0.968. The Morgan fingerprint density at radius 3 is 2.56 bits per heavy atom. The van der Waals surface area contributed by atoms with E-state index in [0.717, 1.165) is 5.69 Å². The van der Waals surface area contributed by atoms with Crippen molar-refractivity contribution in [3.8, 4) is 0 Å². The monoisotopic (exact) mass is 232 g/mol. The van der Waals surface area contributed by atoms with Gasteiger partial charge in [0.15, 0.2) is 0 Å². The fourth-order valence-corrected chi connectivity index (χ4v) is 1.64. The maximum Gasteiger partial charge on any atom is 0.229 e. The van der Waals surface area contributed by atoms with E-state index in [4.69, 9.17) is 5.73 Å². The quantitative estimate of drug-likeness (QED) is 0.796. The predicted molar refractivity (Wildman–Crippen MR) is 68.0 cm³/mol. The first-order chi connectivity index (χ1) is 7.78. The van der Waals surface area contributed by atoms with Crippen molar-refractivity contribution in [1.29, 1.82) is 0 Å². The number of aromatic nitrogens is 2. The predicted octanol–water partition coefficient (Wildman–Crippen LogP) is 2.52. The van der Waals surface area contributed by atoms with Crippen molar-refractivity contribution in [1.82, 2.24) is 9.97 Å². The van der Waals surface area contributed by atoms with Crippen molar-refractivity contribution in [3.63, 3.8) is 0 Å². The molecule has 0 spiro atoms. The van der Waals surface area contributed by atoms with Crippen LogP contribution in [0, 0.1) is 0 Å². The van der Waals surface area contributed by atoms with E-state index in [2.05, 4.69) is 15.3 Å². The van der Waals surface area contributed by atoms with Gasteiger partial charge in [0.2, 0.25) is 5.95 Å². The van der Waals surface area contributed by atoms with Gasteiger partial charge in [0, 0.05) is 16.8 Å². The molecule has 0 atom stereocenters. The summed E-state index contributed by atoms with van der Waals surface area (Å²) in [5.41, 5.74) is 6.51. The van der Waals surface area contributed by atoms with Crippen molar-refractivity contribution in [2.75, 3.05) is 17.3 Å². The fraction of sp³-hybridized carbons (Fsp3) is 0.0909. The standard InChI is InChI=1S/C11H12N4S/c1-16-9-4-2-8(3-5-9)14-11-13-7-6-10(12)15-11/h2-7H,1H3,(H3,12,13,14,15). The molecule has 0 amide bonds. The summed E-state index contributed by atoms with van der Waals surface area (Å²) in [5, 5.41) is 3.08. The van der Waals surface area contributed by atoms with E-state index >= 15 is 0 Å². The molecule has 0 saturated heterocycles. The maximum atomic E-state index is 5.56. The Kier molecular flexibility index (Phi) is 3.26. The number of thioether (sulfide) groups is 1. The van der Waals surface area contributed by atoms with Crippen LogP contribution in [0.4, 0.5) is 17.5 Å². The van der Waals surface area contributed by atoms with Crippen molar-refractivity contribution in [2.24, 2.45) is 0 Å². The van der Waals surface area contributed by atoms with Crippen LogP contribution in [-0.4, -0.2) is 16.2 Å². The summed E-state index contributed by atoms with van der Waals surface area (Å²) < 4.78 is 0. The Labute approximate surface area is 98.3 Å². The van der Waals surface area contributed by atoms with Gasteiger partial charge in [-0.2, -0.15) is 4.98 Å². The Morgan fingerprint density at radius 2 is 1.94 bits per heavy atom. The molecule has 3 N–H and O–H groups in total. The van der Waals surface area contributed by atoms with Gasteiger partial charge in [-0.15, -0.1) is 11.8 Å². The van der Waals surface area contributed by atoms with Crippen LogP contribution in [0.5, 0.6) is 0 Å². The van der Waals surface area contributed by atoms with Crippen LogP contribution in [0.15, 0.2) is 41.4 Å². The van der Waals surface area contributed by atoms with Crippen LogP contribution < -0.4 is 11.1 Å². The molecule has 0 aliphatic carbocycles. The van der Waals surface area contributed by atoms with Crippen molar-refractivity contribution in [3.05, 3.63) is 36.5 Å². The Bertz CT molecular complexity index is 470. The van der Waals surface area contributed by atoms with E-state index in [1.165, 1.54) is 4.90 Å². The molecule has 2 rings (SSSR count). The van der Waals surface area contributed by atoms with Crippen molar-refractivity contribution in [2.45, 2.75) is 4.90 Å². The lowest BCUT2D eigenvalue weighted by Gasteiger charge is -2.05. The third-order valence-electron chi connectivity index (χ3n) is 2.02. The van der Waals surface area contributed by atoms with Crippen LogP contribution in [0.2, 0.25) is 0 Å². The van der Waals surface area contributed by atoms with E-state index in [1.807, 2.05) is 30.5 Å². The minimum atomic E-state index is 0.457. The molecular weight excluding hydrogens is 220 g/mol. The van der Waals surface area contributed by atoms with E-state index < -0.39 is 0 Å². The van der Waals surface area contributed by atoms with E-state index in [-0.39, 0.29) is 0 Å². The highest BCUT2D eigenvalue weighted by molar-refractivity contribution is 7.98. The van der Waals surface area contributed by atoms with Gasteiger partial charge in [0.05, 0.1) is 0 Å². The Hall–Kier alpha value is -1.75. The van der Waals surface area contributed by atoms with Crippen molar-refractivity contribution >= 4 is 29.2 Å². The molecule has 16 heavy (non-hydrogen) atoms. The SMILES string of the molecule is CSc1ccc(Nc2nccc(N)n2)cc1. The molecule has 0 unspecified atom stereocenters. The topological polar surface area (TPSA) is 63.8 Å². The van der Waals surface area contributed by atoms with Gasteiger partial charge < -0.3 is 11.1 Å². The van der Waals surface area contributed by atoms with Crippen LogP contribution in [0.3, 0.4) is 0 Å². The van der Waals surface area contributed by atoms with Gasteiger partial charge in [-0.1, -0.05) is 0 Å². The molecular formula is C11H12N4S. The average molecular weight is 232 g/mol. The number of nitrogens with zero attached hydrogens (tertiary/aromatic N) is 2. The highest BCUT2D eigenvalue weighted by Crippen LogP contribution is 2.19. The zero-order valence-corrected chi connectivity index (χ0v) is 9.66. The Morgan fingerprint density at radius 1 is 1.19 bits per heavy atom. The van der Waals surface area contributed by atoms with Gasteiger partial charge in [-0.25, -0.2) is 4.98 Å². The molecule has 0 aliphatic rings. The third kappa shape index (κ3) is 2.64. The molecule has 1 heterocycles. The van der Waals surface area contributed by atoms with Gasteiger partial charge in [-0.3, -0.25) is 0 Å². The van der Waals surface area contributed by atoms with E-state index in [0.29, 0.717) is 11.8 Å². The average Bonchev–Trinajstić information content (AvgIpc) is 2.30. The molecule has 1 aromatic heterocycles. The van der Waals surface area contributed by atoms with Crippen molar-refractivity contribution < 1.29 is 0 Å². The molecule has 0 bridgehead atoms. The molecule has 1 aromatic carbocycles. The summed E-state index contributed by atoms with van der Waals surface area (Å²) in [6.07, 6.45) is 3.67. The highest BCUT2D eigenvalue weighted by atomic mass is 32.2. The maximum absolute atomic E-state index is 5.56. The summed E-state index contributed by atoms with van der Waals surface area (Å²) >= 11 is 1.71. The summed E-state index contributed by atoms with van der Waals surface area (Å²) in [6.45, 7) is 0. The van der Waals surface area contributed by atoms with Crippen LogP contribution in [0.1, 0.15) is 0 Å². The van der Waals surface area contributed by atoms with E-state index in [1.54, 1.807) is 24.0 Å². The highest BCUT2D eigenvalue weighted by Gasteiger charge is 1.98. The number of rotatable bonds is 3. The first kappa shape index (κ1) is 10.8. The molecule has 4 nitrogen and oxygen atoms in total. The number of hydrogen-bond acceptors (Lipinski definition) is 5. The number of anilines is 3. The van der Waals surface area contributed by atoms with Gasteiger partial charge in [0.1, 0.15) is 5.82 Å². The molecule has 0 aliphatic heterocycles. The normalized spacial score (nSPS) is 10.1. The lowest BCUT2D eigenvalue weighted by molar-refractivity contribution is 1.17. The summed E-state index contributed by atoms with van der Waals surface area (Å²) in [7, 11) is 0. The molecule has 0 saturated carbocycles. The Balaban J connectivity index is 2.14. The smallest absolute Gasteiger partial charge is 0.229 e. The lowest BCUT2D eigenvalue weighted by atomic mass is 10.3. The van der Waals surface area contributed by atoms with E-state index in [9.17, 15) is 0 Å². The first-order valence-corrected chi connectivity index (χ1v) is 6.00. The molecule has 82 valence electrons. The number of nitrogens with two attached hydrogens (primary N) is 1.